The SMILES string of the molecule is COc1ccccc1CCNC(=O)N[C@H]1CC(=O)N(c2ccc(OC)c(OC)c2)C1. The first kappa shape index (κ1) is 21.3. The van der Waals surface area contributed by atoms with Crippen molar-refractivity contribution in [3.8, 4) is 17.2 Å². The summed E-state index contributed by atoms with van der Waals surface area (Å²) >= 11 is 0. The van der Waals surface area contributed by atoms with Gasteiger partial charge in [0.2, 0.25) is 5.91 Å². The van der Waals surface area contributed by atoms with Crippen molar-refractivity contribution in [2.24, 2.45) is 0 Å². The summed E-state index contributed by atoms with van der Waals surface area (Å²) in [5.41, 5.74) is 1.73. The van der Waals surface area contributed by atoms with Gasteiger partial charge in [-0.05, 0) is 30.2 Å². The van der Waals surface area contributed by atoms with E-state index in [1.807, 2.05) is 24.3 Å². The van der Waals surface area contributed by atoms with Gasteiger partial charge >= 0.3 is 6.03 Å². The van der Waals surface area contributed by atoms with Crippen molar-refractivity contribution >= 4 is 17.6 Å². The second kappa shape index (κ2) is 9.87. The molecule has 0 spiro atoms. The van der Waals surface area contributed by atoms with Gasteiger partial charge < -0.3 is 29.7 Å². The molecule has 2 aromatic rings. The van der Waals surface area contributed by atoms with Gasteiger partial charge in [-0.1, -0.05) is 18.2 Å². The van der Waals surface area contributed by atoms with Crippen LogP contribution in [0, 0.1) is 0 Å². The molecule has 3 amide bonds. The number of amides is 3. The van der Waals surface area contributed by atoms with E-state index >= 15 is 0 Å². The van der Waals surface area contributed by atoms with Crippen LogP contribution in [0.5, 0.6) is 17.2 Å². The topological polar surface area (TPSA) is 89.1 Å². The Hall–Kier alpha value is -3.42. The van der Waals surface area contributed by atoms with Crippen molar-refractivity contribution in [2.45, 2.75) is 18.9 Å². The second-order valence-corrected chi connectivity index (χ2v) is 6.91. The zero-order valence-corrected chi connectivity index (χ0v) is 17.4. The van der Waals surface area contributed by atoms with Crippen LogP contribution in [0.15, 0.2) is 42.5 Å². The molecule has 0 bridgehead atoms. The molecule has 0 unspecified atom stereocenters. The summed E-state index contributed by atoms with van der Waals surface area (Å²) in [5.74, 6) is 1.89. The van der Waals surface area contributed by atoms with Gasteiger partial charge in [0.05, 0.1) is 27.4 Å². The Morgan fingerprint density at radius 1 is 1.03 bits per heavy atom. The Kier molecular flexibility index (Phi) is 7.00. The van der Waals surface area contributed by atoms with Crippen molar-refractivity contribution in [1.29, 1.82) is 0 Å². The van der Waals surface area contributed by atoms with E-state index in [0.29, 0.717) is 36.7 Å². The van der Waals surface area contributed by atoms with Crippen LogP contribution in [0.25, 0.3) is 0 Å². The van der Waals surface area contributed by atoms with Crippen molar-refractivity contribution in [3.05, 3.63) is 48.0 Å². The first-order valence-electron chi connectivity index (χ1n) is 9.74. The van der Waals surface area contributed by atoms with Crippen molar-refractivity contribution in [2.75, 3.05) is 39.3 Å². The van der Waals surface area contributed by atoms with Crippen LogP contribution in [-0.4, -0.2) is 52.4 Å². The molecule has 3 rings (SSSR count). The summed E-state index contributed by atoms with van der Waals surface area (Å²) in [6.07, 6.45) is 0.896. The number of urea groups is 1. The van der Waals surface area contributed by atoms with Crippen LogP contribution in [-0.2, 0) is 11.2 Å². The van der Waals surface area contributed by atoms with Gasteiger partial charge in [0.1, 0.15) is 5.75 Å². The molecular weight excluding hydrogens is 386 g/mol. The molecule has 2 aromatic carbocycles. The number of hydrogen-bond donors (Lipinski definition) is 2. The van der Waals surface area contributed by atoms with Crippen LogP contribution >= 0.6 is 0 Å². The summed E-state index contributed by atoms with van der Waals surface area (Å²) in [4.78, 5) is 26.4. The van der Waals surface area contributed by atoms with E-state index in [2.05, 4.69) is 10.6 Å². The molecule has 2 N–H and O–H groups in total. The first-order chi connectivity index (χ1) is 14.5. The van der Waals surface area contributed by atoms with Crippen LogP contribution in [0.4, 0.5) is 10.5 Å². The van der Waals surface area contributed by atoms with Gasteiger partial charge in [-0.3, -0.25) is 4.79 Å². The van der Waals surface area contributed by atoms with Crippen LogP contribution < -0.4 is 29.7 Å². The highest BCUT2D eigenvalue weighted by Gasteiger charge is 2.32. The Balaban J connectivity index is 1.52. The number of carbonyl (C=O) groups excluding carboxylic acids is 2. The van der Waals surface area contributed by atoms with Crippen molar-refractivity contribution < 1.29 is 23.8 Å². The highest BCUT2D eigenvalue weighted by molar-refractivity contribution is 5.97. The number of para-hydroxylation sites is 1. The lowest BCUT2D eigenvalue weighted by molar-refractivity contribution is -0.117. The third-order valence-corrected chi connectivity index (χ3v) is 5.01. The molecule has 160 valence electrons. The molecular formula is C22H27N3O5. The minimum Gasteiger partial charge on any atom is -0.496 e. The van der Waals surface area contributed by atoms with Crippen LogP contribution in [0.3, 0.4) is 0 Å². The van der Waals surface area contributed by atoms with Crippen molar-refractivity contribution in [3.63, 3.8) is 0 Å². The standard InChI is InChI=1S/C22H27N3O5/c1-28-18-7-5-4-6-15(18)10-11-23-22(27)24-16-12-21(26)25(14-16)17-8-9-19(29-2)20(13-17)30-3/h4-9,13,16H,10-12,14H2,1-3H3,(H2,23,24,27)/t16-/m0/s1. The molecule has 1 atom stereocenters. The Morgan fingerprint density at radius 3 is 2.50 bits per heavy atom. The lowest BCUT2D eigenvalue weighted by Crippen LogP contribution is -2.43. The number of anilines is 1. The molecule has 0 radical (unpaired) electrons. The number of ether oxygens (including phenoxy) is 3. The van der Waals surface area contributed by atoms with Gasteiger partial charge in [-0.15, -0.1) is 0 Å². The fraction of sp³-hybridized carbons (Fsp3) is 0.364. The third kappa shape index (κ3) is 4.94. The zero-order valence-electron chi connectivity index (χ0n) is 17.4. The Labute approximate surface area is 176 Å². The maximum atomic E-state index is 12.5. The lowest BCUT2D eigenvalue weighted by atomic mass is 10.1. The largest absolute Gasteiger partial charge is 0.496 e. The van der Waals surface area contributed by atoms with Gasteiger partial charge in [-0.25, -0.2) is 4.79 Å². The molecule has 0 saturated carbocycles. The monoisotopic (exact) mass is 413 g/mol. The van der Waals surface area contributed by atoms with E-state index in [0.717, 1.165) is 11.3 Å². The second-order valence-electron chi connectivity index (χ2n) is 6.91. The van der Waals surface area contributed by atoms with Gasteiger partial charge in [-0.2, -0.15) is 0 Å². The quantitative estimate of drug-likeness (QED) is 0.694. The summed E-state index contributed by atoms with van der Waals surface area (Å²) in [7, 11) is 4.73. The van der Waals surface area contributed by atoms with Crippen LogP contribution in [0.2, 0.25) is 0 Å². The molecule has 1 saturated heterocycles. The minimum absolute atomic E-state index is 0.0541. The number of nitrogens with zero attached hydrogens (tertiary/aromatic N) is 1. The van der Waals surface area contributed by atoms with Gasteiger partial charge in [0.15, 0.2) is 11.5 Å². The summed E-state index contributed by atoms with van der Waals surface area (Å²) in [6.45, 7) is 0.862. The number of methoxy groups -OCH3 is 3. The predicted molar refractivity (Wildman–Crippen MR) is 114 cm³/mol. The van der Waals surface area contributed by atoms with E-state index < -0.39 is 0 Å². The first-order valence-corrected chi connectivity index (χ1v) is 9.74. The molecule has 0 aromatic heterocycles. The highest BCUT2D eigenvalue weighted by atomic mass is 16.5. The molecule has 1 aliphatic heterocycles. The smallest absolute Gasteiger partial charge is 0.315 e. The van der Waals surface area contributed by atoms with Crippen molar-refractivity contribution in [1.82, 2.24) is 10.6 Å². The maximum Gasteiger partial charge on any atom is 0.315 e. The van der Waals surface area contributed by atoms with Crippen LogP contribution in [0.1, 0.15) is 12.0 Å². The Bertz CT molecular complexity index is 902. The summed E-state index contributed by atoms with van der Waals surface area (Å²) < 4.78 is 15.9. The summed E-state index contributed by atoms with van der Waals surface area (Å²) in [6, 6.07) is 12.5. The Morgan fingerprint density at radius 2 is 1.77 bits per heavy atom. The molecule has 30 heavy (non-hydrogen) atoms. The number of carbonyl (C=O) groups is 2. The van der Waals surface area contributed by atoms with Gasteiger partial charge in [0, 0.05) is 31.3 Å². The fourth-order valence-corrected chi connectivity index (χ4v) is 3.50. The predicted octanol–water partition coefficient (Wildman–Crippen LogP) is 2.36. The average Bonchev–Trinajstić information content (AvgIpc) is 3.13. The van der Waals surface area contributed by atoms with E-state index in [1.165, 1.54) is 0 Å². The average molecular weight is 413 g/mol. The number of benzene rings is 2. The van der Waals surface area contributed by atoms with E-state index in [9.17, 15) is 9.59 Å². The number of rotatable bonds is 8. The third-order valence-electron chi connectivity index (χ3n) is 5.01. The number of nitrogens with one attached hydrogen (secondary N) is 2. The lowest BCUT2D eigenvalue weighted by Gasteiger charge is -2.19. The number of hydrogen-bond acceptors (Lipinski definition) is 5. The molecule has 8 nitrogen and oxygen atoms in total. The van der Waals surface area contributed by atoms with E-state index in [1.54, 1.807) is 44.4 Å². The van der Waals surface area contributed by atoms with Gasteiger partial charge in [0.25, 0.3) is 0 Å². The molecule has 1 heterocycles. The highest BCUT2D eigenvalue weighted by Crippen LogP contribution is 2.33. The normalized spacial score (nSPS) is 15.6. The maximum absolute atomic E-state index is 12.5. The summed E-state index contributed by atoms with van der Waals surface area (Å²) in [5, 5.41) is 5.72. The molecule has 0 aliphatic carbocycles. The zero-order chi connectivity index (χ0) is 21.5. The molecule has 8 heteroatoms. The fourth-order valence-electron chi connectivity index (χ4n) is 3.50. The van der Waals surface area contributed by atoms with E-state index in [4.69, 9.17) is 14.2 Å². The minimum atomic E-state index is -0.295. The van der Waals surface area contributed by atoms with E-state index in [-0.39, 0.29) is 24.4 Å². The molecule has 1 fully saturated rings. The molecule has 1 aliphatic rings.